The van der Waals surface area contributed by atoms with Gasteiger partial charge in [-0.3, -0.25) is 4.79 Å². The van der Waals surface area contributed by atoms with Gasteiger partial charge in [0.2, 0.25) is 0 Å². The molecule has 2 unspecified atom stereocenters. The highest BCUT2D eigenvalue weighted by molar-refractivity contribution is 5.80. The second kappa shape index (κ2) is 1.46. The van der Waals surface area contributed by atoms with Gasteiger partial charge in [-0.05, 0) is 36.5 Å². The lowest BCUT2D eigenvalue weighted by Crippen LogP contribution is -2.55. The van der Waals surface area contributed by atoms with Crippen LogP contribution in [0.25, 0.3) is 0 Å². The molecule has 0 aliphatic heterocycles. The van der Waals surface area contributed by atoms with Crippen molar-refractivity contribution < 1.29 is 4.79 Å². The summed E-state index contributed by atoms with van der Waals surface area (Å²) in [5, 5.41) is 0. The zero-order valence-electron chi connectivity index (χ0n) is 6.05. The molecular weight excluding hydrogens is 124 g/mol. The molecule has 3 aliphatic rings. The Bertz CT molecular complexity index is 179. The number of ketones is 1. The van der Waals surface area contributed by atoms with Crippen LogP contribution in [0.5, 0.6) is 0 Å². The lowest BCUT2D eigenvalue weighted by Gasteiger charge is -2.61. The van der Waals surface area contributed by atoms with E-state index in [1.54, 1.807) is 0 Å². The van der Waals surface area contributed by atoms with Crippen molar-refractivity contribution in [1.82, 2.24) is 0 Å². The van der Waals surface area contributed by atoms with Gasteiger partial charge in [-0.25, -0.2) is 0 Å². The third-order valence-electron chi connectivity index (χ3n) is 3.82. The first-order valence-corrected chi connectivity index (χ1v) is 4.36. The van der Waals surface area contributed by atoms with Gasteiger partial charge >= 0.3 is 0 Å². The monoisotopic (exact) mass is 136 g/mol. The van der Waals surface area contributed by atoms with E-state index in [2.05, 4.69) is 0 Å². The zero-order chi connectivity index (χ0) is 6.72. The van der Waals surface area contributed by atoms with Crippen LogP contribution in [-0.4, -0.2) is 5.78 Å². The summed E-state index contributed by atoms with van der Waals surface area (Å²) in [5.74, 6) is 4.29. The Morgan fingerprint density at radius 1 is 1.00 bits per heavy atom. The van der Waals surface area contributed by atoms with Crippen LogP contribution in [0.4, 0.5) is 0 Å². The van der Waals surface area contributed by atoms with Gasteiger partial charge in [0.15, 0.2) is 0 Å². The molecule has 0 heterocycles. The summed E-state index contributed by atoms with van der Waals surface area (Å²) < 4.78 is 0. The van der Waals surface area contributed by atoms with Crippen LogP contribution in [0, 0.1) is 23.7 Å². The molecule has 3 aliphatic carbocycles. The predicted molar refractivity (Wildman–Crippen MR) is 37.4 cm³/mol. The molecule has 1 heteroatoms. The van der Waals surface area contributed by atoms with Crippen molar-refractivity contribution in [2.45, 2.75) is 25.7 Å². The highest BCUT2D eigenvalue weighted by Crippen LogP contribution is 2.62. The largest absolute Gasteiger partial charge is 0.300 e. The fourth-order valence-electron chi connectivity index (χ4n) is 3.37. The van der Waals surface area contributed by atoms with Crippen molar-refractivity contribution in [2.75, 3.05) is 0 Å². The molecule has 0 aromatic carbocycles. The van der Waals surface area contributed by atoms with Crippen molar-refractivity contribution in [3.8, 4) is 0 Å². The molecule has 0 aromatic heterocycles. The molecule has 10 heavy (non-hydrogen) atoms. The summed E-state index contributed by atoms with van der Waals surface area (Å²) in [6.45, 7) is 0. The van der Waals surface area contributed by atoms with Crippen molar-refractivity contribution in [3.05, 3.63) is 0 Å². The van der Waals surface area contributed by atoms with E-state index in [0.29, 0.717) is 5.78 Å². The average Bonchev–Trinajstić information content (AvgIpc) is 1.78. The van der Waals surface area contributed by atoms with Crippen LogP contribution >= 0.6 is 0 Å². The van der Waals surface area contributed by atoms with Crippen LogP contribution in [0.3, 0.4) is 0 Å². The van der Waals surface area contributed by atoms with Crippen molar-refractivity contribution >= 4 is 5.78 Å². The molecule has 0 saturated heterocycles. The summed E-state index contributed by atoms with van der Waals surface area (Å²) in [7, 11) is 0. The van der Waals surface area contributed by atoms with Gasteiger partial charge in [-0.2, -0.15) is 0 Å². The summed E-state index contributed by atoms with van der Waals surface area (Å²) >= 11 is 0. The maximum atomic E-state index is 11.1. The third-order valence-corrected chi connectivity index (χ3v) is 3.82. The second-order valence-electron chi connectivity index (χ2n) is 4.28. The Morgan fingerprint density at radius 3 is 2.10 bits per heavy atom. The second-order valence-corrected chi connectivity index (χ2v) is 4.28. The molecule has 0 amide bonds. The molecule has 0 spiro atoms. The number of hydrogen-bond acceptors (Lipinski definition) is 1. The minimum atomic E-state index is 0.546. The number of carbonyl (C=O) groups excluding carboxylic acids is 1. The lowest BCUT2D eigenvalue weighted by molar-refractivity contribution is -0.151. The summed E-state index contributed by atoms with van der Waals surface area (Å²) in [4.78, 5) is 11.1. The first-order valence-electron chi connectivity index (χ1n) is 4.36. The molecule has 0 N–H and O–H groups in total. The number of rotatable bonds is 0. The maximum Gasteiger partial charge on any atom is 0.133 e. The molecule has 3 saturated carbocycles. The normalized spacial score (nSPS) is 56.6. The molecule has 0 bridgehead atoms. The van der Waals surface area contributed by atoms with Crippen LogP contribution in [-0.2, 0) is 4.79 Å². The van der Waals surface area contributed by atoms with E-state index in [9.17, 15) is 4.79 Å². The van der Waals surface area contributed by atoms with Crippen LogP contribution in [0.2, 0.25) is 0 Å². The van der Waals surface area contributed by atoms with E-state index in [-0.39, 0.29) is 0 Å². The van der Waals surface area contributed by atoms with E-state index >= 15 is 0 Å². The zero-order valence-corrected chi connectivity index (χ0v) is 6.05. The van der Waals surface area contributed by atoms with Gasteiger partial charge in [0, 0.05) is 12.8 Å². The maximum absolute atomic E-state index is 11.1. The van der Waals surface area contributed by atoms with E-state index in [4.69, 9.17) is 0 Å². The van der Waals surface area contributed by atoms with Crippen LogP contribution in [0.15, 0.2) is 0 Å². The average molecular weight is 136 g/mol. The van der Waals surface area contributed by atoms with Gasteiger partial charge in [0.25, 0.3) is 0 Å². The molecule has 2 atom stereocenters. The number of hydrogen-bond donors (Lipinski definition) is 0. The van der Waals surface area contributed by atoms with Gasteiger partial charge < -0.3 is 0 Å². The topological polar surface area (TPSA) is 17.1 Å². The minimum Gasteiger partial charge on any atom is -0.300 e. The Hall–Kier alpha value is -0.330. The Morgan fingerprint density at radius 2 is 1.60 bits per heavy atom. The van der Waals surface area contributed by atoms with Gasteiger partial charge in [-0.1, -0.05) is 0 Å². The molecule has 1 nitrogen and oxygen atoms in total. The summed E-state index contributed by atoms with van der Waals surface area (Å²) in [6, 6.07) is 0. The van der Waals surface area contributed by atoms with Crippen molar-refractivity contribution in [3.63, 3.8) is 0 Å². The summed E-state index contributed by atoms with van der Waals surface area (Å²) in [5.41, 5.74) is 0. The van der Waals surface area contributed by atoms with E-state index in [1.807, 2.05) is 0 Å². The lowest BCUT2D eigenvalue weighted by atomic mass is 9.43. The number of Topliss-reactive ketones (excluding diaryl/α,β-unsaturated/α-hetero) is 1. The first-order chi connectivity index (χ1) is 4.84. The van der Waals surface area contributed by atoms with Gasteiger partial charge in [0.05, 0.1) is 0 Å². The molecule has 0 radical (unpaired) electrons. The Kier molecular flexibility index (Phi) is 0.781. The summed E-state index contributed by atoms with van der Waals surface area (Å²) in [6.07, 6.45) is 4.62. The standard InChI is InChI=1S/C9H12O/c10-8-3-6-1-5-2-7(4-8)9(5)6/h5-7,9H,1-4H2. The Balaban J connectivity index is 1.86. The number of carbonyl (C=O) groups is 1. The van der Waals surface area contributed by atoms with Crippen LogP contribution in [0.1, 0.15) is 25.7 Å². The van der Waals surface area contributed by atoms with E-state index in [0.717, 1.165) is 36.5 Å². The smallest absolute Gasteiger partial charge is 0.133 e. The SMILES string of the molecule is O=C1CC2CC3CC(C1)C23. The molecule has 3 rings (SSSR count). The molecule has 3 fully saturated rings. The predicted octanol–water partition coefficient (Wildman–Crippen LogP) is 1.62. The van der Waals surface area contributed by atoms with Gasteiger partial charge in [-0.15, -0.1) is 0 Å². The minimum absolute atomic E-state index is 0.546. The Labute approximate surface area is 60.8 Å². The van der Waals surface area contributed by atoms with Crippen LogP contribution < -0.4 is 0 Å². The highest BCUT2D eigenvalue weighted by atomic mass is 16.1. The van der Waals surface area contributed by atoms with E-state index < -0.39 is 0 Å². The molecular formula is C9H12O. The fraction of sp³-hybridized carbons (Fsp3) is 0.889. The fourth-order valence-corrected chi connectivity index (χ4v) is 3.37. The molecule has 54 valence electrons. The highest BCUT2D eigenvalue weighted by Gasteiger charge is 2.56. The molecule has 0 aromatic rings. The van der Waals surface area contributed by atoms with Crippen molar-refractivity contribution in [1.29, 1.82) is 0 Å². The van der Waals surface area contributed by atoms with Gasteiger partial charge in [0.1, 0.15) is 5.78 Å². The van der Waals surface area contributed by atoms with Crippen molar-refractivity contribution in [2.24, 2.45) is 23.7 Å². The quantitative estimate of drug-likeness (QED) is 0.494. The third kappa shape index (κ3) is 0.446. The first kappa shape index (κ1) is 5.34. The van der Waals surface area contributed by atoms with E-state index in [1.165, 1.54) is 12.8 Å².